The van der Waals surface area contributed by atoms with Crippen LogP contribution in [0.5, 0.6) is 0 Å². The zero-order chi connectivity index (χ0) is 61.7. The van der Waals surface area contributed by atoms with Gasteiger partial charge in [-0.15, -0.1) is 0 Å². The van der Waals surface area contributed by atoms with Gasteiger partial charge >= 0.3 is 0 Å². The van der Waals surface area contributed by atoms with Crippen molar-refractivity contribution >= 4 is 43.5 Å². The summed E-state index contributed by atoms with van der Waals surface area (Å²) in [5.74, 6) is 3.38. The zero-order valence-electron chi connectivity index (χ0n) is 53.1. The molecule has 0 fully saturated rings. The first-order chi connectivity index (χ1) is 40.8. The van der Waals surface area contributed by atoms with Crippen molar-refractivity contribution in [2.45, 2.75) is 158 Å². The van der Waals surface area contributed by atoms with Crippen LogP contribution in [-0.2, 0) is 0 Å². The Bertz CT molecular complexity index is 3540. The SMILES string of the molecule is CC(C)c1ccc2ccccc2n1.CC(C)c1ccccn1.CC(C)c1cnccn1.CC(C)c1nccc2ccccc12.CC(C)c1ncccn1.CC(C)n1cc2ccccc2n1.CC(C)n1cccn1.CC(C)n1ncc2ccccc21. The van der Waals surface area contributed by atoms with Gasteiger partial charge in [0.15, 0.2) is 0 Å². The van der Waals surface area contributed by atoms with E-state index in [0.717, 1.165) is 28.2 Å². The molecule has 0 saturated heterocycles. The van der Waals surface area contributed by atoms with Crippen molar-refractivity contribution in [2.24, 2.45) is 0 Å². The van der Waals surface area contributed by atoms with E-state index in [1.54, 1.807) is 37.2 Å². The fourth-order valence-electron chi connectivity index (χ4n) is 8.18. The number of aromatic nitrogens is 13. The van der Waals surface area contributed by atoms with E-state index >= 15 is 0 Å². The van der Waals surface area contributed by atoms with Crippen LogP contribution in [0.1, 0.15) is 187 Å². The third-order valence-corrected chi connectivity index (χ3v) is 13.0. The Labute approximate surface area is 506 Å². The molecule has 0 N–H and O–H groups in total. The van der Waals surface area contributed by atoms with Gasteiger partial charge in [0, 0.05) is 119 Å². The minimum Gasteiger partial charge on any atom is -0.270 e. The number of hydrogen-bond donors (Lipinski definition) is 0. The van der Waals surface area contributed by atoms with Crippen LogP contribution in [0.25, 0.3) is 43.5 Å². The summed E-state index contributed by atoms with van der Waals surface area (Å²) in [7, 11) is 0. The van der Waals surface area contributed by atoms with Crippen LogP contribution >= 0.6 is 0 Å². The second-order valence-corrected chi connectivity index (χ2v) is 22.7. The van der Waals surface area contributed by atoms with E-state index in [1.807, 2.05) is 112 Å². The Balaban J connectivity index is 0.000000179. The van der Waals surface area contributed by atoms with Crippen LogP contribution in [0.4, 0.5) is 0 Å². The van der Waals surface area contributed by atoms with E-state index < -0.39 is 0 Å². The quantitative estimate of drug-likeness (QED) is 0.144. The van der Waals surface area contributed by atoms with E-state index in [4.69, 9.17) is 0 Å². The maximum Gasteiger partial charge on any atom is 0.130 e. The van der Waals surface area contributed by atoms with Gasteiger partial charge in [0.1, 0.15) is 5.82 Å². The van der Waals surface area contributed by atoms with Gasteiger partial charge in [0.2, 0.25) is 0 Å². The highest BCUT2D eigenvalue weighted by atomic mass is 15.3. The Morgan fingerprint density at radius 3 is 1.45 bits per heavy atom. The largest absolute Gasteiger partial charge is 0.270 e. The van der Waals surface area contributed by atoms with E-state index in [2.05, 4.69) is 240 Å². The molecule has 8 heterocycles. The summed E-state index contributed by atoms with van der Waals surface area (Å²) in [5, 5.41) is 19.0. The molecule has 0 amide bonds. The average molecular weight is 1140 g/mol. The Morgan fingerprint density at radius 2 is 0.929 bits per heavy atom. The van der Waals surface area contributed by atoms with Crippen LogP contribution in [0.3, 0.4) is 0 Å². The number of pyridine rings is 3. The molecule has 0 bridgehead atoms. The number of rotatable bonds is 8. The van der Waals surface area contributed by atoms with Crippen molar-refractivity contribution in [3.8, 4) is 0 Å². The summed E-state index contributed by atoms with van der Waals surface area (Å²) in [4.78, 5) is 29.4. The lowest BCUT2D eigenvalue weighted by atomic mass is 10.0. The lowest BCUT2D eigenvalue weighted by molar-refractivity contribution is 0.532. The van der Waals surface area contributed by atoms with Crippen molar-refractivity contribution in [3.63, 3.8) is 0 Å². The molecule has 12 rings (SSSR count). The lowest BCUT2D eigenvalue weighted by Crippen LogP contribution is -2.01. The summed E-state index contributed by atoms with van der Waals surface area (Å²) in [5.41, 5.74) is 7.96. The predicted molar refractivity (Wildman–Crippen MR) is 355 cm³/mol. The molecule has 0 unspecified atom stereocenters. The van der Waals surface area contributed by atoms with Gasteiger partial charge in [-0.3, -0.25) is 39.0 Å². The van der Waals surface area contributed by atoms with Crippen LogP contribution in [-0.4, -0.2) is 64.2 Å². The van der Waals surface area contributed by atoms with Gasteiger partial charge in [-0.1, -0.05) is 160 Å². The molecule has 8 aromatic heterocycles. The topological polar surface area (TPSA) is 144 Å². The zero-order valence-corrected chi connectivity index (χ0v) is 53.1. The first-order valence-corrected chi connectivity index (χ1v) is 29.8. The predicted octanol–water partition coefficient (Wildman–Crippen LogP) is 18.8. The van der Waals surface area contributed by atoms with E-state index in [0.29, 0.717) is 47.7 Å². The third kappa shape index (κ3) is 22.4. The standard InChI is InChI=1S/2C12H13N.2C10H12N2.C8H11N.2C7H10N2.C6H10N2/c1-9(2)11-8-7-10-5-3-4-6-12(10)13-11;1-9(2)12-11-6-4-3-5-10(11)7-8-13-12;1-8(2)12-7-9-5-3-4-6-10(9)11-12;1-8(2)12-10-6-4-3-5-9(10)7-11-12;1-7(2)8-5-3-4-6-9-8;1-6(2)7-5-8-3-4-9-7;1-6(2)7-8-4-3-5-9-7;1-6(2)8-5-3-4-7-8/h2*3-9H,1-2H3;2*3-8H,1-2H3;3-7H,1-2H3;2*3-6H,1-2H3;3-6H,1-2H3. The summed E-state index contributed by atoms with van der Waals surface area (Å²) in [6.45, 7) is 34.1. The second kappa shape index (κ2) is 35.3. The maximum atomic E-state index is 4.57. The number of hydrogen-bond acceptors (Lipinski definition) is 10. The molecule has 85 heavy (non-hydrogen) atoms. The smallest absolute Gasteiger partial charge is 0.130 e. The maximum absolute atomic E-state index is 4.57. The fraction of sp³-hybridized carbons (Fsp3) is 0.333. The molecule has 444 valence electrons. The minimum absolute atomic E-state index is 0.435. The van der Waals surface area contributed by atoms with E-state index in [-0.39, 0.29) is 0 Å². The molecule has 13 heteroatoms. The molecule has 0 spiro atoms. The lowest BCUT2D eigenvalue weighted by Gasteiger charge is -2.07. The first-order valence-electron chi connectivity index (χ1n) is 29.8. The Morgan fingerprint density at radius 1 is 0.341 bits per heavy atom. The summed E-state index contributed by atoms with van der Waals surface area (Å²) in [6, 6.07) is 50.5. The van der Waals surface area contributed by atoms with Crippen LogP contribution in [0, 0.1) is 0 Å². The second-order valence-electron chi connectivity index (χ2n) is 22.7. The van der Waals surface area contributed by atoms with Crippen molar-refractivity contribution < 1.29 is 0 Å². The third-order valence-electron chi connectivity index (χ3n) is 13.0. The van der Waals surface area contributed by atoms with Crippen molar-refractivity contribution in [3.05, 3.63) is 242 Å². The fourth-order valence-corrected chi connectivity index (χ4v) is 8.18. The monoisotopic (exact) mass is 1140 g/mol. The van der Waals surface area contributed by atoms with Gasteiger partial charge in [-0.05, 0) is 125 Å². The minimum atomic E-state index is 0.435. The average Bonchev–Trinajstić information content (AvgIpc) is 4.46. The molecule has 13 nitrogen and oxygen atoms in total. The molecule has 0 radical (unpaired) electrons. The summed E-state index contributed by atoms with van der Waals surface area (Å²) < 4.78 is 5.94. The number of para-hydroxylation sites is 2. The highest BCUT2D eigenvalue weighted by Gasteiger charge is 2.07. The normalized spacial score (nSPS) is 10.7. The molecule has 0 aliphatic heterocycles. The molecule has 0 aliphatic rings. The Kier molecular flexibility index (Phi) is 27.8. The Hall–Kier alpha value is -8.84. The van der Waals surface area contributed by atoms with Crippen LogP contribution in [0.15, 0.2) is 214 Å². The van der Waals surface area contributed by atoms with Crippen molar-refractivity contribution in [1.29, 1.82) is 0 Å². The molecule has 0 aliphatic carbocycles. The van der Waals surface area contributed by atoms with Crippen LogP contribution in [0.2, 0.25) is 0 Å². The number of benzene rings is 4. The van der Waals surface area contributed by atoms with E-state index in [9.17, 15) is 0 Å². The number of fused-ring (bicyclic) bond motifs is 4. The van der Waals surface area contributed by atoms with Gasteiger partial charge in [0.05, 0.1) is 34.1 Å². The molecule has 0 saturated carbocycles. The molecular formula is C72H91N13. The molecule has 0 atom stereocenters. The molecular weight excluding hydrogens is 1050 g/mol. The van der Waals surface area contributed by atoms with Gasteiger partial charge in [0.25, 0.3) is 0 Å². The highest BCUT2D eigenvalue weighted by molar-refractivity contribution is 5.84. The number of nitrogens with zero attached hydrogens (tertiary/aromatic N) is 13. The summed E-state index contributed by atoms with van der Waals surface area (Å²) >= 11 is 0. The first kappa shape index (κ1) is 67.0. The van der Waals surface area contributed by atoms with Crippen LogP contribution < -0.4 is 0 Å². The van der Waals surface area contributed by atoms with Gasteiger partial charge in [-0.25, -0.2) is 9.97 Å². The molecule has 12 aromatic rings. The summed E-state index contributed by atoms with van der Waals surface area (Å²) in [6.07, 6.45) is 20.2. The highest BCUT2D eigenvalue weighted by Crippen LogP contribution is 2.23. The van der Waals surface area contributed by atoms with Gasteiger partial charge < -0.3 is 0 Å². The van der Waals surface area contributed by atoms with Crippen molar-refractivity contribution in [2.75, 3.05) is 0 Å². The van der Waals surface area contributed by atoms with Gasteiger partial charge in [-0.2, -0.15) is 15.3 Å². The van der Waals surface area contributed by atoms with E-state index in [1.165, 1.54) is 43.8 Å². The van der Waals surface area contributed by atoms with Crippen molar-refractivity contribution in [1.82, 2.24) is 64.2 Å². The molecule has 4 aromatic carbocycles.